The van der Waals surface area contributed by atoms with E-state index in [0.29, 0.717) is 39.4 Å². The highest BCUT2D eigenvalue weighted by Gasteiger charge is 2.33. The predicted octanol–water partition coefficient (Wildman–Crippen LogP) is 6.39. The first-order valence-electron chi connectivity index (χ1n) is 12.2. The maximum Gasteiger partial charge on any atom is 0.344 e. The fourth-order valence-electron chi connectivity index (χ4n) is 4.78. The van der Waals surface area contributed by atoms with E-state index in [9.17, 15) is 19.8 Å². The largest absolute Gasteiger partial charge is 0.507 e. The molecule has 38 heavy (non-hydrogen) atoms. The molecule has 7 nitrogen and oxygen atoms in total. The molecule has 194 valence electrons. The monoisotopic (exact) mass is 576 g/mol. The maximum atomic E-state index is 13.4. The van der Waals surface area contributed by atoms with Crippen LogP contribution in [0, 0.1) is 0 Å². The van der Waals surface area contributed by atoms with Gasteiger partial charge in [-0.3, -0.25) is 0 Å². The Morgan fingerprint density at radius 3 is 1.71 bits per heavy atom. The number of fused-ring (bicyclic) bond motifs is 2. The molecular weight excluding hydrogens is 552 g/mol. The van der Waals surface area contributed by atoms with Crippen LogP contribution in [-0.2, 0) is 12.8 Å². The number of hydrogen-bond donors (Lipinski definition) is 2. The van der Waals surface area contributed by atoms with E-state index < -0.39 is 17.2 Å². The number of methoxy groups -OCH3 is 1. The van der Waals surface area contributed by atoms with E-state index in [1.807, 2.05) is 26.0 Å². The Morgan fingerprint density at radius 1 is 0.789 bits per heavy atom. The molecule has 0 unspecified atom stereocenters. The summed E-state index contributed by atoms with van der Waals surface area (Å²) in [6.45, 7) is 3.94. The van der Waals surface area contributed by atoms with Crippen LogP contribution >= 0.6 is 15.9 Å². The highest BCUT2D eigenvalue weighted by molar-refractivity contribution is 9.10. The van der Waals surface area contributed by atoms with Crippen molar-refractivity contribution in [1.29, 1.82) is 0 Å². The Morgan fingerprint density at radius 2 is 1.29 bits per heavy atom. The fraction of sp³-hybridized carbons (Fsp3) is 0.200. The van der Waals surface area contributed by atoms with Crippen molar-refractivity contribution in [2.24, 2.45) is 0 Å². The second kappa shape index (κ2) is 10.0. The van der Waals surface area contributed by atoms with Crippen LogP contribution < -0.4 is 16.0 Å². The lowest BCUT2D eigenvalue weighted by molar-refractivity contribution is 0.412. The Balaban J connectivity index is 1.90. The van der Waals surface area contributed by atoms with Crippen LogP contribution in [0.4, 0.5) is 0 Å². The van der Waals surface area contributed by atoms with Gasteiger partial charge in [0.15, 0.2) is 0 Å². The van der Waals surface area contributed by atoms with Gasteiger partial charge in [-0.25, -0.2) is 9.59 Å². The zero-order valence-corrected chi connectivity index (χ0v) is 22.6. The van der Waals surface area contributed by atoms with Crippen molar-refractivity contribution >= 4 is 37.9 Å². The summed E-state index contributed by atoms with van der Waals surface area (Å²) < 4.78 is 17.1. The van der Waals surface area contributed by atoms with Gasteiger partial charge >= 0.3 is 11.3 Å². The normalized spacial score (nSPS) is 11.5. The highest BCUT2D eigenvalue weighted by atomic mass is 79.9. The molecule has 0 aliphatic heterocycles. The van der Waals surface area contributed by atoms with E-state index >= 15 is 0 Å². The molecule has 0 aliphatic rings. The van der Waals surface area contributed by atoms with Crippen LogP contribution in [0.2, 0.25) is 0 Å². The summed E-state index contributed by atoms with van der Waals surface area (Å²) in [7, 11) is 1.52. The van der Waals surface area contributed by atoms with Gasteiger partial charge in [0.05, 0.1) is 39.4 Å². The molecule has 2 N–H and O–H groups in total. The quantitative estimate of drug-likeness (QED) is 0.225. The van der Waals surface area contributed by atoms with Gasteiger partial charge in [-0.1, -0.05) is 32.0 Å². The molecule has 0 bridgehead atoms. The van der Waals surface area contributed by atoms with Crippen molar-refractivity contribution in [3.8, 4) is 17.2 Å². The van der Waals surface area contributed by atoms with E-state index in [1.54, 1.807) is 42.5 Å². The van der Waals surface area contributed by atoms with Crippen molar-refractivity contribution in [3.05, 3.63) is 108 Å². The lowest BCUT2D eigenvalue weighted by Crippen LogP contribution is -2.21. The topological polar surface area (TPSA) is 110 Å². The first-order valence-corrected chi connectivity index (χ1v) is 13.0. The molecule has 5 rings (SSSR count). The van der Waals surface area contributed by atoms with E-state index in [1.165, 1.54) is 7.11 Å². The molecule has 0 aliphatic carbocycles. The van der Waals surface area contributed by atoms with E-state index in [2.05, 4.69) is 15.9 Å². The van der Waals surface area contributed by atoms with E-state index in [4.69, 9.17) is 13.6 Å². The molecule has 0 saturated carbocycles. The lowest BCUT2D eigenvalue weighted by atomic mass is 9.84. The summed E-state index contributed by atoms with van der Waals surface area (Å²) >= 11 is 3.46. The van der Waals surface area contributed by atoms with Crippen LogP contribution in [-0.4, -0.2) is 17.3 Å². The molecule has 0 amide bonds. The lowest BCUT2D eigenvalue weighted by Gasteiger charge is -2.20. The highest BCUT2D eigenvalue weighted by Crippen LogP contribution is 2.43. The first-order chi connectivity index (χ1) is 18.3. The van der Waals surface area contributed by atoms with Crippen LogP contribution in [0.5, 0.6) is 17.2 Å². The number of halogens is 1. The zero-order valence-electron chi connectivity index (χ0n) is 21.0. The average Bonchev–Trinajstić information content (AvgIpc) is 2.91. The molecular formula is C30H25BrO7. The SMILES string of the molecule is CCc1ccc2oc(=O)c(C(c3ccc(OC)c(Br)c3)c3c(O)c4cc(CC)ccc4oc3=O)c(O)c2c1. The molecule has 5 aromatic rings. The molecule has 8 heteroatoms. The summed E-state index contributed by atoms with van der Waals surface area (Å²) in [6, 6.07) is 15.4. The summed E-state index contributed by atoms with van der Waals surface area (Å²) in [6.07, 6.45) is 1.40. The maximum absolute atomic E-state index is 13.4. The minimum atomic E-state index is -1.21. The second-order valence-corrected chi connectivity index (χ2v) is 9.85. The van der Waals surface area contributed by atoms with Gasteiger partial charge < -0.3 is 23.8 Å². The molecule has 0 fully saturated rings. The molecule has 2 aromatic heterocycles. The van der Waals surface area contributed by atoms with Crippen molar-refractivity contribution < 1.29 is 23.8 Å². The second-order valence-electron chi connectivity index (χ2n) is 9.00. The number of benzene rings is 3. The third-order valence-corrected chi connectivity index (χ3v) is 7.48. The van der Waals surface area contributed by atoms with Crippen LogP contribution in [0.25, 0.3) is 21.9 Å². The predicted molar refractivity (Wildman–Crippen MR) is 149 cm³/mol. The molecule has 3 aromatic carbocycles. The summed E-state index contributed by atoms with van der Waals surface area (Å²) in [5, 5.41) is 23.6. The smallest absolute Gasteiger partial charge is 0.344 e. The Bertz CT molecular complexity index is 1710. The minimum absolute atomic E-state index is 0.184. The molecule has 0 atom stereocenters. The Hall–Kier alpha value is -4.04. The minimum Gasteiger partial charge on any atom is -0.507 e. The molecule has 0 saturated heterocycles. The molecule has 0 spiro atoms. The van der Waals surface area contributed by atoms with E-state index in [-0.39, 0.29) is 33.8 Å². The van der Waals surface area contributed by atoms with Gasteiger partial charge in [0.25, 0.3) is 0 Å². The van der Waals surface area contributed by atoms with Gasteiger partial charge in [-0.2, -0.15) is 0 Å². The summed E-state index contributed by atoms with van der Waals surface area (Å²) in [5.74, 6) is -1.35. The van der Waals surface area contributed by atoms with Crippen molar-refractivity contribution in [3.63, 3.8) is 0 Å². The van der Waals surface area contributed by atoms with Gasteiger partial charge in [0, 0.05) is 0 Å². The van der Waals surface area contributed by atoms with Crippen LogP contribution in [0.3, 0.4) is 0 Å². The third-order valence-electron chi connectivity index (χ3n) is 6.86. The molecule has 0 radical (unpaired) electrons. The van der Waals surface area contributed by atoms with Gasteiger partial charge in [0.1, 0.15) is 28.4 Å². The number of hydrogen-bond acceptors (Lipinski definition) is 7. The van der Waals surface area contributed by atoms with Crippen LogP contribution in [0.1, 0.15) is 47.6 Å². The standard InChI is InChI=1S/C30H25BrO7/c1-4-15-6-9-21-18(12-15)27(32)25(29(34)37-21)24(17-8-11-23(36-3)20(31)14-17)26-28(33)19-13-16(5-2)7-10-22(19)38-30(26)35/h6-14,24,32-33H,4-5H2,1-3H3. The van der Waals surface area contributed by atoms with E-state index in [0.717, 1.165) is 11.1 Å². The Labute approximate surface area is 226 Å². The fourth-order valence-corrected chi connectivity index (χ4v) is 5.34. The van der Waals surface area contributed by atoms with Gasteiger partial charge in [-0.05, 0) is 81.9 Å². The Kier molecular flexibility index (Phi) is 6.75. The first kappa shape index (κ1) is 25.6. The summed E-state index contributed by atoms with van der Waals surface area (Å²) in [5.41, 5.74) is 0.673. The number of aromatic hydroxyl groups is 2. The number of aryl methyl sites for hydroxylation is 2. The third kappa shape index (κ3) is 4.24. The summed E-state index contributed by atoms with van der Waals surface area (Å²) in [4.78, 5) is 26.8. The number of ether oxygens (including phenoxy) is 1. The zero-order chi connectivity index (χ0) is 27.1. The molecule has 2 heterocycles. The van der Waals surface area contributed by atoms with Gasteiger partial charge in [0.2, 0.25) is 0 Å². The van der Waals surface area contributed by atoms with Gasteiger partial charge in [-0.15, -0.1) is 0 Å². The van der Waals surface area contributed by atoms with Crippen molar-refractivity contribution in [1.82, 2.24) is 0 Å². The van der Waals surface area contributed by atoms with Crippen LogP contribution in [0.15, 0.2) is 77.5 Å². The number of rotatable bonds is 6. The van der Waals surface area contributed by atoms with Crippen molar-refractivity contribution in [2.45, 2.75) is 32.6 Å². The van der Waals surface area contributed by atoms with Crippen molar-refractivity contribution in [2.75, 3.05) is 7.11 Å². The average molecular weight is 577 g/mol.